The molecule has 0 atom stereocenters. The van der Waals surface area contributed by atoms with Gasteiger partial charge in [-0.05, 0) is 50.6 Å². The summed E-state index contributed by atoms with van der Waals surface area (Å²) in [5, 5.41) is 11.1. The maximum Gasteiger partial charge on any atom is 0.410 e. The highest BCUT2D eigenvalue weighted by Crippen LogP contribution is 2.31. The largest absolute Gasteiger partial charge is 0.444 e. The highest BCUT2D eigenvalue weighted by Gasteiger charge is 2.26. The molecule has 0 spiro atoms. The number of benzene rings is 2. The Balaban J connectivity index is 2.12. The number of halogens is 2. The van der Waals surface area contributed by atoms with E-state index in [1.807, 2.05) is 0 Å². The summed E-state index contributed by atoms with van der Waals surface area (Å²) in [5.74, 6) is -1.86. The van der Waals surface area contributed by atoms with E-state index in [1.54, 1.807) is 20.8 Å². The zero-order chi connectivity index (χ0) is 26.1. The number of amides is 1. The van der Waals surface area contributed by atoms with Crippen LogP contribution in [0.3, 0.4) is 0 Å². The molecule has 1 aromatic heterocycles. The number of nitrogens with zero attached hydrogens (tertiary/aromatic N) is 3. The van der Waals surface area contributed by atoms with Gasteiger partial charge in [-0.25, -0.2) is 26.0 Å². The van der Waals surface area contributed by atoms with Gasteiger partial charge in [0.25, 0.3) is 15.7 Å². The molecule has 1 amide bonds. The lowest BCUT2D eigenvalue weighted by molar-refractivity contribution is -0.385. The second kappa shape index (κ2) is 9.45. The van der Waals surface area contributed by atoms with Crippen molar-refractivity contribution in [3.8, 4) is 11.3 Å². The summed E-state index contributed by atoms with van der Waals surface area (Å²) >= 11 is 0. The molecule has 2 aromatic carbocycles. The Morgan fingerprint density at radius 2 is 1.83 bits per heavy atom. The fourth-order valence-electron chi connectivity index (χ4n) is 3.23. The van der Waals surface area contributed by atoms with Crippen molar-refractivity contribution >= 4 is 21.8 Å². The first-order chi connectivity index (χ1) is 16.2. The normalized spacial score (nSPS) is 11.8. The molecule has 0 radical (unpaired) electrons. The van der Waals surface area contributed by atoms with Gasteiger partial charge >= 0.3 is 6.09 Å². The number of aromatic nitrogens is 1. The van der Waals surface area contributed by atoms with Gasteiger partial charge in [0.1, 0.15) is 17.2 Å². The van der Waals surface area contributed by atoms with Crippen molar-refractivity contribution in [2.45, 2.75) is 37.8 Å². The predicted molar refractivity (Wildman–Crippen MR) is 123 cm³/mol. The molecule has 0 N–H and O–H groups in total. The second-order valence-corrected chi connectivity index (χ2v) is 10.6. The standard InChI is InChI=1S/C23H23F2N3O6S/c1-23(2,3)34-22(29)26(4)13-15-10-21(19-9-8-16(24)11-20(19)25)27(14-15)35(32,33)18-7-5-6-17(12-18)28(30)31/h5-12,14H,13H2,1-4H3. The van der Waals surface area contributed by atoms with E-state index in [4.69, 9.17) is 4.74 Å². The SMILES string of the molecule is CN(Cc1cc(-c2ccc(F)cc2F)n(S(=O)(=O)c2cccc([N+](=O)[O-])c2)c1)C(=O)OC(C)(C)C. The van der Waals surface area contributed by atoms with Crippen LogP contribution >= 0.6 is 0 Å². The van der Waals surface area contributed by atoms with E-state index in [2.05, 4.69) is 0 Å². The van der Waals surface area contributed by atoms with Crippen molar-refractivity contribution in [1.82, 2.24) is 8.87 Å². The Hall–Kier alpha value is -3.80. The third-order valence-electron chi connectivity index (χ3n) is 4.76. The van der Waals surface area contributed by atoms with E-state index in [1.165, 1.54) is 36.3 Å². The van der Waals surface area contributed by atoms with E-state index in [9.17, 15) is 32.1 Å². The first-order valence-corrected chi connectivity index (χ1v) is 11.7. The lowest BCUT2D eigenvalue weighted by atomic mass is 10.1. The van der Waals surface area contributed by atoms with Gasteiger partial charge in [0.2, 0.25) is 0 Å². The van der Waals surface area contributed by atoms with Gasteiger partial charge in [-0.1, -0.05) is 6.07 Å². The monoisotopic (exact) mass is 507 g/mol. The fraction of sp³-hybridized carbons (Fsp3) is 0.261. The molecule has 0 aliphatic heterocycles. The lowest BCUT2D eigenvalue weighted by Gasteiger charge is -2.24. The highest BCUT2D eigenvalue weighted by molar-refractivity contribution is 7.90. The molecule has 0 unspecified atom stereocenters. The van der Waals surface area contributed by atoms with Crippen molar-refractivity contribution in [1.29, 1.82) is 0 Å². The van der Waals surface area contributed by atoms with Crippen LogP contribution in [-0.4, -0.2) is 41.0 Å². The molecule has 0 aliphatic carbocycles. The van der Waals surface area contributed by atoms with Gasteiger partial charge in [-0.2, -0.15) is 0 Å². The maximum absolute atomic E-state index is 14.6. The van der Waals surface area contributed by atoms with Crippen molar-refractivity contribution in [2.75, 3.05) is 7.05 Å². The average Bonchev–Trinajstić information content (AvgIpc) is 3.16. The smallest absolute Gasteiger partial charge is 0.410 e. The second-order valence-electron chi connectivity index (χ2n) is 8.75. The highest BCUT2D eigenvalue weighted by atomic mass is 32.2. The molecule has 3 rings (SSSR count). The van der Waals surface area contributed by atoms with Crippen molar-refractivity contribution in [3.05, 3.63) is 82.0 Å². The average molecular weight is 508 g/mol. The molecule has 0 aliphatic rings. The van der Waals surface area contributed by atoms with Crippen LogP contribution in [0.25, 0.3) is 11.3 Å². The van der Waals surface area contributed by atoms with E-state index in [-0.39, 0.29) is 17.8 Å². The lowest BCUT2D eigenvalue weighted by Crippen LogP contribution is -2.33. The van der Waals surface area contributed by atoms with Crippen LogP contribution in [0.4, 0.5) is 19.3 Å². The van der Waals surface area contributed by atoms with Crippen LogP contribution in [0, 0.1) is 21.7 Å². The minimum Gasteiger partial charge on any atom is -0.444 e. The fourth-order valence-corrected chi connectivity index (χ4v) is 4.66. The van der Waals surface area contributed by atoms with Crippen LogP contribution in [0.5, 0.6) is 0 Å². The summed E-state index contributed by atoms with van der Waals surface area (Å²) in [6, 6.07) is 8.40. The molecule has 0 saturated carbocycles. The minimum absolute atomic E-state index is 0.0951. The maximum atomic E-state index is 14.6. The summed E-state index contributed by atoms with van der Waals surface area (Å²) in [4.78, 5) is 23.5. The molecule has 0 bridgehead atoms. The molecular weight excluding hydrogens is 484 g/mol. The third kappa shape index (κ3) is 5.83. The number of carbonyl (C=O) groups is 1. The van der Waals surface area contributed by atoms with Crippen molar-refractivity contribution in [3.63, 3.8) is 0 Å². The summed E-state index contributed by atoms with van der Waals surface area (Å²) in [5.41, 5.74) is -1.28. The molecule has 0 saturated heterocycles. The van der Waals surface area contributed by atoms with Gasteiger partial charge in [0.15, 0.2) is 0 Å². The summed E-state index contributed by atoms with van der Waals surface area (Å²) in [7, 11) is -3.00. The van der Waals surface area contributed by atoms with Crippen molar-refractivity contribution < 1.29 is 31.7 Å². The van der Waals surface area contributed by atoms with E-state index in [0.717, 1.165) is 28.2 Å². The Bertz CT molecular complexity index is 1400. The van der Waals surface area contributed by atoms with Gasteiger partial charge < -0.3 is 9.64 Å². The van der Waals surface area contributed by atoms with E-state index >= 15 is 0 Å². The first kappa shape index (κ1) is 25.8. The molecule has 0 fully saturated rings. The number of nitro groups is 1. The van der Waals surface area contributed by atoms with Crippen LogP contribution in [-0.2, 0) is 21.3 Å². The van der Waals surface area contributed by atoms with Gasteiger partial charge in [0.05, 0.1) is 22.1 Å². The number of carbonyl (C=O) groups excluding carboxylic acids is 1. The molecule has 1 heterocycles. The molecule has 3 aromatic rings. The van der Waals surface area contributed by atoms with E-state index in [0.29, 0.717) is 11.6 Å². The Morgan fingerprint density at radius 1 is 1.14 bits per heavy atom. The van der Waals surface area contributed by atoms with Gasteiger partial charge in [-0.15, -0.1) is 0 Å². The summed E-state index contributed by atoms with van der Waals surface area (Å²) in [6.07, 6.45) is 0.508. The van der Waals surface area contributed by atoms with Gasteiger partial charge in [-0.3, -0.25) is 10.1 Å². The van der Waals surface area contributed by atoms with Gasteiger partial charge in [0, 0.05) is 37.0 Å². The molecule has 9 nitrogen and oxygen atoms in total. The molecule has 12 heteroatoms. The van der Waals surface area contributed by atoms with Crippen molar-refractivity contribution in [2.24, 2.45) is 0 Å². The number of non-ortho nitro benzene ring substituents is 1. The number of hydrogen-bond acceptors (Lipinski definition) is 6. The Labute approximate surface area is 200 Å². The predicted octanol–water partition coefficient (Wildman–Crippen LogP) is 4.95. The molecule has 35 heavy (non-hydrogen) atoms. The topological polar surface area (TPSA) is 112 Å². The number of rotatable bonds is 6. The number of nitro benzene ring substituents is 1. The third-order valence-corrected chi connectivity index (χ3v) is 6.43. The summed E-state index contributed by atoms with van der Waals surface area (Å²) in [6.45, 7) is 4.98. The van der Waals surface area contributed by atoms with Crippen LogP contribution in [0.2, 0.25) is 0 Å². The van der Waals surface area contributed by atoms with Crippen LogP contribution in [0.1, 0.15) is 26.3 Å². The number of ether oxygens (including phenoxy) is 1. The zero-order valence-corrected chi connectivity index (χ0v) is 20.2. The minimum atomic E-state index is -4.45. The van der Waals surface area contributed by atoms with Crippen LogP contribution < -0.4 is 0 Å². The summed E-state index contributed by atoms with van der Waals surface area (Å²) < 4.78 is 61.1. The van der Waals surface area contributed by atoms with E-state index < -0.39 is 48.9 Å². The first-order valence-electron chi connectivity index (χ1n) is 10.3. The van der Waals surface area contributed by atoms with Crippen LogP contribution in [0.15, 0.2) is 59.6 Å². The molecular formula is C23H23F2N3O6S. The molecule has 186 valence electrons. The number of hydrogen-bond donors (Lipinski definition) is 0. The zero-order valence-electron chi connectivity index (χ0n) is 19.4. The quantitative estimate of drug-likeness (QED) is 0.345. The Kier molecular flexibility index (Phi) is 6.97. The Morgan fingerprint density at radius 3 is 2.43 bits per heavy atom.